The number of aliphatic hydroxyl groups excluding tert-OH is 1. The average Bonchev–Trinajstić information content (AvgIpc) is 2.72. The van der Waals surface area contributed by atoms with Crippen molar-refractivity contribution in [2.75, 3.05) is 18.6 Å². The van der Waals surface area contributed by atoms with E-state index in [4.69, 9.17) is 0 Å². The molecule has 0 aliphatic carbocycles. The zero-order chi connectivity index (χ0) is 13.0. The van der Waals surface area contributed by atoms with Crippen LogP contribution in [0.25, 0.3) is 6.08 Å². The number of fused-ring (bicyclic) bond motifs is 1. The summed E-state index contributed by atoms with van der Waals surface area (Å²) in [5, 5.41) is 15.9. The van der Waals surface area contributed by atoms with Crippen molar-refractivity contribution in [3.8, 4) is 0 Å². The van der Waals surface area contributed by atoms with Crippen molar-refractivity contribution in [3.05, 3.63) is 17.4 Å². The molecule has 1 aliphatic rings. The van der Waals surface area contributed by atoms with Crippen LogP contribution >= 0.6 is 0 Å². The highest BCUT2D eigenvalue weighted by atomic mass is 16.3. The summed E-state index contributed by atoms with van der Waals surface area (Å²) in [6.45, 7) is 2.71. The van der Waals surface area contributed by atoms with E-state index >= 15 is 0 Å². The number of hydrogen-bond donors (Lipinski definition) is 1. The quantitative estimate of drug-likeness (QED) is 0.787. The molecule has 1 aromatic heterocycles. The fourth-order valence-corrected chi connectivity index (χ4v) is 2.19. The Kier molecular flexibility index (Phi) is 4.23. The van der Waals surface area contributed by atoms with Gasteiger partial charge in [-0.2, -0.15) is 4.79 Å². The van der Waals surface area contributed by atoms with Crippen LogP contribution in [-0.4, -0.2) is 33.6 Å². The lowest BCUT2D eigenvalue weighted by Crippen LogP contribution is -2.36. The van der Waals surface area contributed by atoms with Crippen LogP contribution in [0.1, 0.15) is 50.7 Å². The maximum absolute atomic E-state index is 9.55. The molecule has 2 heterocycles. The Labute approximate surface area is 108 Å². The maximum atomic E-state index is 9.55. The molecule has 5 heteroatoms. The van der Waals surface area contributed by atoms with Gasteiger partial charge in [-0.1, -0.05) is 32.6 Å². The minimum absolute atomic E-state index is 0.340. The third kappa shape index (κ3) is 3.03. The number of nitrogens with zero attached hydrogens (tertiary/aromatic N) is 4. The van der Waals surface area contributed by atoms with E-state index in [1.165, 1.54) is 25.7 Å². The van der Waals surface area contributed by atoms with E-state index in [1.807, 2.05) is 12.1 Å². The summed E-state index contributed by atoms with van der Waals surface area (Å²) in [5.41, 5.74) is 0. The molecular weight excluding hydrogens is 228 g/mol. The third-order valence-electron chi connectivity index (χ3n) is 3.17. The Hall–Kier alpha value is -1.52. The lowest BCUT2D eigenvalue weighted by atomic mass is 10.1. The Morgan fingerprint density at radius 3 is 2.83 bits per heavy atom. The van der Waals surface area contributed by atoms with Crippen LogP contribution in [0, 0.1) is 0 Å². The number of aliphatic hydroxyl groups is 1. The van der Waals surface area contributed by atoms with Gasteiger partial charge in [-0.05, 0) is 6.42 Å². The fraction of sp³-hybridized carbons (Fsp3) is 0.692. The van der Waals surface area contributed by atoms with Gasteiger partial charge in [-0.3, -0.25) is 5.01 Å². The first-order valence-corrected chi connectivity index (χ1v) is 6.77. The largest absolute Gasteiger partial charge is 0.510 e. The highest BCUT2D eigenvalue weighted by Crippen LogP contribution is 2.12. The predicted molar refractivity (Wildman–Crippen MR) is 72.1 cm³/mol. The minimum Gasteiger partial charge on any atom is -0.510 e. The lowest BCUT2D eigenvalue weighted by molar-refractivity contribution is 0.382. The summed E-state index contributed by atoms with van der Waals surface area (Å²) in [7, 11) is 1.90. The summed E-state index contributed by atoms with van der Waals surface area (Å²) >= 11 is 0. The number of hydrogen-bond acceptors (Lipinski definition) is 4. The Morgan fingerprint density at radius 2 is 2.06 bits per heavy atom. The number of unbranched alkanes of at least 4 members (excludes halogenated alkanes) is 4. The predicted octanol–water partition coefficient (Wildman–Crippen LogP) is 2.27. The van der Waals surface area contributed by atoms with Crippen molar-refractivity contribution in [2.24, 2.45) is 0 Å². The lowest BCUT2D eigenvalue weighted by Gasteiger charge is -2.22. The molecule has 2 rings (SSSR count). The van der Waals surface area contributed by atoms with Crippen LogP contribution in [-0.2, 0) is 6.42 Å². The molecular formula is C13H22N4O. The normalized spacial score (nSPS) is 14.6. The second kappa shape index (κ2) is 5.89. The Balaban J connectivity index is 1.90. The molecule has 0 spiro atoms. The first-order chi connectivity index (χ1) is 8.70. The van der Waals surface area contributed by atoms with E-state index in [9.17, 15) is 5.11 Å². The zero-order valence-electron chi connectivity index (χ0n) is 11.3. The van der Waals surface area contributed by atoms with E-state index < -0.39 is 0 Å². The monoisotopic (exact) mass is 250 g/mol. The van der Waals surface area contributed by atoms with E-state index in [-0.39, 0.29) is 0 Å². The van der Waals surface area contributed by atoms with Crippen LogP contribution in [0.5, 0.6) is 0 Å². The Bertz CT molecular complexity index is 425. The first kappa shape index (κ1) is 12.9. The standard InChI is InChI=1S/C13H22N4O/c1-3-4-5-6-7-8-12-14-13-9-11(18)10-16(2)17(13)15-12/h9,18H,3-8,10H2,1-2H3. The van der Waals surface area contributed by atoms with E-state index in [1.54, 1.807) is 10.9 Å². The van der Waals surface area contributed by atoms with Gasteiger partial charge in [0.1, 0.15) is 5.76 Å². The highest BCUT2D eigenvalue weighted by Gasteiger charge is 2.17. The Morgan fingerprint density at radius 1 is 1.28 bits per heavy atom. The molecule has 0 aromatic carbocycles. The topological polar surface area (TPSA) is 54.2 Å². The van der Waals surface area contributed by atoms with Crippen LogP contribution in [0.4, 0.5) is 0 Å². The number of rotatable bonds is 6. The van der Waals surface area contributed by atoms with Crippen LogP contribution in [0.3, 0.4) is 0 Å². The van der Waals surface area contributed by atoms with Crippen molar-refractivity contribution in [1.82, 2.24) is 14.9 Å². The molecule has 0 saturated carbocycles. The van der Waals surface area contributed by atoms with Gasteiger partial charge in [0.05, 0.1) is 6.54 Å². The summed E-state index contributed by atoms with van der Waals surface area (Å²) in [6, 6.07) is 0. The SMILES string of the molecule is CCCCCCCc1nc2n(n1)N(C)CC(O)=C2. The minimum atomic E-state index is 0.340. The van der Waals surface area contributed by atoms with Crippen LogP contribution in [0.2, 0.25) is 0 Å². The zero-order valence-corrected chi connectivity index (χ0v) is 11.3. The van der Waals surface area contributed by atoms with Gasteiger partial charge >= 0.3 is 0 Å². The second-order valence-electron chi connectivity index (χ2n) is 4.89. The molecule has 100 valence electrons. The van der Waals surface area contributed by atoms with Crippen molar-refractivity contribution in [2.45, 2.75) is 45.4 Å². The van der Waals surface area contributed by atoms with E-state index in [0.29, 0.717) is 12.3 Å². The smallest absolute Gasteiger partial charge is 0.177 e. The van der Waals surface area contributed by atoms with Crippen LogP contribution in [0.15, 0.2) is 5.76 Å². The van der Waals surface area contributed by atoms with Crippen molar-refractivity contribution >= 4 is 6.08 Å². The average molecular weight is 250 g/mol. The molecule has 0 saturated heterocycles. The molecule has 1 aromatic rings. The molecule has 5 nitrogen and oxygen atoms in total. The van der Waals surface area contributed by atoms with Gasteiger partial charge in [-0.15, -0.1) is 5.10 Å². The number of aryl methyl sites for hydroxylation is 1. The summed E-state index contributed by atoms with van der Waals surface area (Å²) in [4.78, 5) is 6.21. The van der Waals surface area contributed by atoms with Gasteiger partial charge in [-0.25, -0.2) is 4.98 Å². The molecule has 1 aliphatic heterocycles. The summed E-state index contributed by atoms with van der Waals surface area (Å²) < 4.78 is 0. The molecule has 0 radical (unpaired) electrons. The molecule has 0 atom stereocenters. The van der Waals surface area contributed by atoms with Gasteiger partial charge < -0.3 is 5.11 Å². The van der Waals surface area contributed by atoms with Crippen molar-refractivity contribution in [1.29, 1.82) is 0 Å². The summed E-state index contributed by atoms with van der Waals surface area (Å²) in [5.74, 6) is 1.94. The molecule has 0 amide bonds. The van der Waals surface area contributed by atoms with Gasteiger partial charge in [0.25, 0.3) is 0 Å². The van der Waals surface area contributed by atoms with E-state index in [2.05, 4.69) is 17.0 Å². The van der Waals surface area contributed by atoms with Crippen molar-refractivity contribution < 1.29 is 5.11 Å². The second-order valence-corrected chi connectivity index (χ2v) is 4.89. The molecule has 0 bridgehead atoms. The molecule has 18 heavy (non-hydrogen) atoms. The fourth-order valence-electron chi connectivity index (χ4n) is 2.19. The van der Waals surface area contributed by atoms with Gasteiger partial charge in [0.2, 0.25) is 0 Å². The van der Waals surface area contributed by atoms with Gasteiger partial charge in [0.15, 0.2) is 11.6 Å². The van der Waals surface area contributed by atoms with Gasteiger partial charge in [0, 0.05) is 19.5 Å². The first-order valence-electron chi connectivity index (χ1n) is 6.77. The molecule has 0 unspecified atom stereocenters. The maximum Gasteiger partial charge on any atom is 0.177 e. The molecule has 0 fully saturated rings. The van der Waals surface area contributed by atoms with Crippen molar-refractivity contribution in [3.63, 3.8) is 0 Å². The number of likely N-dealkylation sites (N-methyl/N-ethyl adjacent to an activating group) is 1. The highest BCUT2D eigenvalue weighted by molar-refractivity contribution is 5.46. The molecule has 1 N–H and O–H groups in total. The summed E-state index contributed by atoms with van der Waals surface area (Å²) in [6.07, 6.45) is 8.88. The van der Waals surface area contributed by atoms with Crippen LogP contribution < -0.4 is 5.01 Å². The number of aromatic nitrogens is 3. The third-order valence-corrected chi connectivity index (χ3v) is 3.17. The van der Waals surface area contributed by atoms with E-state index in [0.717, 1.165) is 24.5 Å².